The summed E-state index contributed by atoms with van der Waals surface area (Å²) in [5.41, 5.74) is -1.83. The van der Waals surface area contributed by atoms with Crippen molar-refractivity contribution in [3.63, 3.8) is 0 Å². The molecular formula is C18H35NO9. The molecule has 0 fully saturated rings. The van der Waals surface area contributed by atoms with Gasteiger partial charge in [-0.05, 0) is 27.7 Å². The van der Waals surface area contributed by atoms with Crippen LogP contribution in [0.2, 0.25) is 0 Å². The van der Waals surface area contributed by atoms with Gasteiger partial charge in [0, 0.05) is 6.54 Å². The van der Waals surface area contributed by atoms with Crippen molar-refractivity contribution in [3.8, 4) is 0 Å². The van der Waals surface area contributed by atoms with E-state index in [4.69, 9.17) is 33.9 Å². The predicted octanol–water partition coefficient (Wildman–Crippen LogP) is 0.0950. The van der Waals surface area contributed by atoms with Crippen LogP contribution in [0.3, 0.4) is 0 Å². The maximum atomic E-state index is 11.6. The number of aliphatic hydroxyl groups excluding tert-OH is 2. The second-order valence-electron chi connectivity index (χ2n) is 7.28. The molecule has 0 aromatic carbocycles. The lowest BCUT2D eigenvalue weighted by atomic mass is 9.93. The molecule has 1 amide bonds. The first-order valence-electron chi connectivity index (χ1n) is 9.23. The Labute approximate surface area is 166 Å². The molecule has 0 aromatic rings. The highest BCUT2D eigenvalue weighted by molar-refractivity contribution is 5.76. The molecule has 0 aliphatic rings. The molecule has 0 saturated heterocycles. The van der Waals surface area contributed by atoms with Crippen LogP contribution in [0.25, 0.3) is 0 Å². The van der Waals surface area contributed by atoms with E-state index >= 15 is 0 Å². The number of carbonyl (C=O) groups excluding carboxylic acids is 2. The average molecular weight is 409 g/mol. The van der Waals surface area contributed by atoms with Crippen molar-refractivity contribution in [1.82, 2.24) is 5.32 Å². The van der Waals surface area contributed by atoms with Gasteiger partial charge < -0.3 is 39.2 Å². The van der Waals surface area contributed by atoms with E-state index in [2.05, 4.69) is 5.32 Å². The van der Waals surface area contributed by atoms with Crippen LogP contribution in [0.1, 0.15) is 27.7 Å². The SMILES string of the molecule is CC(C)(C)OC(=O)NCCOCCOCCOCCOC(=O)C(C)(CO)CO. The summed E-state index contributed by atoms with van der Waals surface area (Å²) in [6.07, 6.45) is -0.479. The number of alkyl carbamates (subject to hydrolysis) is 1. The van der Waals surface area contributed by atoms with Gasteiger partial charge in [0.15, 0.2) is 0 Å². The van der Waals surface area contributed by atoms with Gasteiger partial charge in [-0.2, -0.15) is 0 Å². The highest BCUT2D eigenvalue weighted by Crippen LogP contribution is 2.16. The van der Waals surface area contributed by atoms with Crippen LogP contribution in [0.4, 0.5) is 4.79 Å². The van der Waals surface area contributed by atoms with Crippen LogP contribution in [0, 0.1) is 5.41 Å². The molecule has 0 unspecified atom stereocenters. The minimum atomic E-state index is -1.30. The Morgan fingerprint density at radius 1 is 0.786 bits per heavy atom. The molecule has 28 heavy (non-hydrogen) atoms. The fraction of sp³-hybridized carbons (Fsp3) is 0.889. The second-order valence-corrected chi connectivity index (χ2v) is 7.28. The minimum Gasteiger partial charge on any atom is -0.463 e. The Hall–Kier alpha value is -1.46. The molecule has 10 nitrogen and oxygen atoms in total. The molecule has 0 rings (SSSR count). The molecule has 0 atom stereocenters. The van der Waals surface area contributed by atoms with Gasteiger partial charge in [-0.15, -0.1) is 0 Å². The van der Waals surface area contributed by atoms with E-state index in [1.54, 1.807) is 20.8 Å². The Kier molecular flexibility index (Phi) is 13.8. The summed E-state index contributed by atoms with van der Waals surface area (Å²) in [5, 5.41) is 20.7. The van der Waals surface area contributed by atoms with Gasteiger partial charge in [-0.3, -0.25) is 4.79 Å². The summed E-state index contributed by atoms with van der Waals surface area (Å²) in [6.45, 7) is 8.19. The van der Waals surface area contributed by atoms with Gasteiger partial charge in [0.1, 0.15) is 17.6 Å². The first-order valence-corrected chi connectivity index (χ1v) is 9.23. The van der Waals surface area contributed by atoms with Crippen molar-refractivity contribution in [2.45, 2.75) is 33.3 Å². The van der Waals surface area contributed by atoms with E-state index in [0.29, 0.717) is 39.6 Å². The average Bonchev–Trinajstić information content (AvgIpc) is 2.63. The number of esters is 1. The first-order chi connectivity index (χ1) is 13.1. The van der Waals surface area contributed by atoms with Crippen LogP contribution in [0.5, 0.6) is 0 Å². The molecule has 0 aliphatic carbocycles. The largest absolute Gasteiger partial charge is 0.463 e. The Morgan fingerprint density at radius 2 is 1.25 bits per heavy atom. The van der Waals surface area contributed by atoms with Gasteiger partial charge in [-0.25, -0.2) is 4.79 Å². The smallest absolute Gasteiger partial charge is 0.407 e. The molecule has 0 aliphatic heterocycles. The van der Waals surface area contributed by atoms with Crippen molar-refractivity contribution in [1.29, 1.82) is 0 Å². The number of hydrogen-bond donors (Lipinski definition) is 3. The van der Waals surface area contributed by atoms with E-state index in [1.165, 1.54) is 6.92 Å². The van der Waals surface area contributed by atoms with Crippen LogP contribution in [-0.4, -0.2) is 93.9 Å². The van der Waals surface area contributed by atoms with Gasteiger partial charge in [0.2, 0.25) is 0 Å². The summed E-state index contributed by atoms with van der Waals surface area (Å²) in [7, 11) is 0. The number of nitrogens with one attached hydrogen (secondary N) is 1. The molecule has 0 heterocycles. The zero-order valence-corrected chi connectivity index (χ0v) is 17.3. The monoisotopic (exact) mass is 409 g/mol. The molecule has 0 aromatic heterocycles. The number of amides is 1. The van der Waals surface area contributed by atoms with Crippen molar-refractivity contribution >= 4 is 12.1 Å². The first kappa shape index (κ1) is 26.5. The summed E-state index contributed by atoms with van der Waals surface area (Å²) >= 11 is 0. The highest BCUT2D eigenvalue weighted by atomic mass is 16.6. The van der Waals surface area contributed by atoms with Gasteiger partial charge >= 0.3 is 12.1 Å². The number of ether oxygens (including phenoxy) is 5. The van der Waals surface area contributed by atoms with Crippen LogP contribution in [0.15, 0.2) is 0 Å². The molecule has 10 heteroatoms. The third kappa shape index (κ3) is 13.7. The Balaban J connectivity index is 3.41. The maximum Gasteiger partial charge on any atom is 0.407 e. The predicted molar refractivity (Wildman–Crippen MR) is 99.9 cm³/mol. The normalized spacial score (nSPS) is 11.9. The standard InChI is InChI=1S/C18H35NO9/c1-17(2,3)28-16(23)19-5-6-24-7-8-25-9-10-26-11-12-27-15(22)18(4,13-20)14-21/h20-21H,5-14H2,1-4H3,(H,19,23). The van der Waals surface area contributed by atoms with Gasteiger partial charge in [0.25, 0.3) is 0 Å². The molecule has 0 saturated carbocycles. The highest BCUT2D eigenvalue weighted by Gasteiger charge is 2.33. The van der Waals surface area contributed by atoms with E-state index < -0.39 is 36.3 Å². The minimum absolute atomic E-state index is 0.0299. The number of hydrogen-bond acceptors (Lipinski definition) is 9. The van der Waals surface area contributed by atoms with Crippen LogP contribution < -0.4 is 5.32 Å². The summed E-state index contributed by atoms with van der Waals surface area (Å²) in [6, 6.07) is 0. The fourth-order valence-electron chi connectivity index (χ4n) is 1.63. The Bertz CT molecular complexity index is 433. The zero-order chi connectivity index (χ0) is 21.5. The van der Waals surface area contributed by atoms with Gasteiger partial charge in [0.05, 0.1) is 52.9 Å². The van der Waals surface area contributed by atoms with Crippen molar-refractivity contribution in [2.75, 3.05) is 66.0 Å². The molecule has 3 N–H and O–H groups in total. The van der Waals surface area contributed by atoms with E-state index in [-0.39, 0.29) is 13.2 Å². The topological polar surface area (TPSA) is 133 Å². The molecular weight excluding hydrogens is 374 g/mol. The third-order valence-electron chi connectivity index (χ3n) is 3.31. The third-order valence-corrected chi connectivity index (χ3v) is 3.31. The lowest BCUT2D eigenvalue weighted by Gasteiger charge is -2.22. The van der Waals surface area contributed by atoms with Crippen molar-refractivity contribution < 1.29 is 43.5 Å². The summed E-state index contributed by atoms with van der Waals surface area (Å²) in [5.74, 6) is -0.671. The number of rotatable bonds is 15. The molecule has 166 valence electrons. The Morgan fingerprint density at radius 3 is 1.71 bits per heavy atom. The van der Waals surface area contributed by atoms with E-state index in [0.717, 1.165) is 0 Å². The van der Waals surface area contributed by atoms with Crippen molar-refractivity contribution in [2.24, 2.45) is 5.41 Å². The van der Waals surface area contributed by atoms with Crippen molar-refractivity contribution in [3.05, 3.63) is 0 Å². The van der Waals surface area contributed by atoms with Crippen LogP contribution in [-0.2, 0) is 28.5 Å². The quantitative estimate of drug-likeness (QED) is 0.254. The van der Waals surface area contributed by atoms with E-state index in [9.17, 15) is 9.59 Å². The fourth-order valence-corrected chi connectivity index (χ4v) is 1.63. The lowest BCUT2D eigenvalue weighted by Crippen LogP contribution is -2.37. The second kappa shape index (κ2) is 14.5. The molecule has 0 spiro atoms. The van der Waals surface area contributed by atoms with Crippen LogP contribution >= 0.6 is 0 Å². The zero-order valence-electron chi connectivity index (χ0n) is 17.3. The molecule has 0 bridgehead atoms. The van der Waals surface area contributed by atoms with Gasteiger partial charge in [-0.1, -0.05) is 0 Å². The number of carbonyl (C=O) groups is 2. The molecule has 0 radical (unpaired) electrons. The lowest BCUT2D eigenvalue weighted by molar-refractivity contribution is -0.161. The maximum absolute atomic E-state index is 11.6. The van der Waals surface area contributed by atoms with E-state index in [1.807, 2.05) is 0 Å². The number of aliphatic hydroxyl groups is 2. The summed E-state index contributed by atoms with van der Waals surface area (Å²) in [4.78, 5) is 23.0. The summed E-state index contributed by atoms with van der Waals surface area (Å²) < 4.78 is 25.9.